The Bertz CT molecular complexity index is 248. The van der Waals surface area contributed by atoms with Crippen LogP contribution >= 0.6 is 0 Å². The monoisotopic (exact) mass is 225 g/mol. The summed E-state index contributed by atoms with van der Waals surface area (Å²) in [4.78, 5) is 5.22. The molecule has 0 spiro atoms. The summed E-state index contributed by atoms with van der Waals surface area (Å²) in [6.45, 7) is 6.62. The molecule has 3 rings (SSSR count). The van der Waals surface area contributed by atoms with Crippen LogP contribution in [0.2, 0.25) is 0 Å². The molecular formula is C12H23N3O. The Kier molecular flexibility index (Phi) is 3.16. The van der Waals surface area contributed by atoms with E-state index in [1.54, 1.807) is 0 Å². The van der Waals surface area contributed by atoms with Crippen molar-refractivity contribution in [2.24, 2.45) is 5.73 Å². The molecule has 0 bridgehead atoms. The number of rotatable bonds is 1. The molecule has 92 valence electrons. The summed E-state index contributed by atoms with van der Waals surface area (Å²) < 4.78 is 5.58. The van der Waals surface area contributed by atoms with Crippen LogP contribution in [0.1, 0.15) is 19.3 Å². The van der Waals surface area contributed by atoms with Crippen molar-refractivity contribution in [1.82, 2.24) is 9.80 Å². The highest BCUT2D eigenvalue weighted by atomic mass is 16.5. The molecule has 16 heavy (non-hydrogen) atoms. The van der Waals surface area contributed by atoms with Crippen molar-refractivity contribution in [3.8, 4) is 0 Å². The summed E-state index contributed by atoms with van der Waals surface area (Å²) in [6, 6.07) is 1.58. The first kappa shape index (κ1) is 11.0. The van der Waals surface area contributed by atoms with E-state index in [1.807, 2.05) is 0 Å². The van der Waals surface area contributed by atoms with E-state index < -0.39 is 0 Å². The van der Waals surface area contributed by atoms with Gasteiger partial charge in [-0.3, -0.25) is 9.80 Å². The molecular weight excluding hydrogens is 202 g/mol. The van der Waals surface area contributed by atoms with Gasteiger partial charge in [-0.2, -0.15) is 0 Å². The third-order valence-corrected chi connectivity index (χ3v) is 4.47. The SMILES string of the molecule is NC1CCOCC1N1CCN2CCCC2C1. The van der Waals surface area contributed by atoms with Crippen LogP contribution in [0, 0.1) is 0 Å². The van der Waals surface area contributed by atoms with E-state index in [0.717, 1.165) is 25.7 Å². The molecule has 3 unspecified atom stereocenters. The van der Waals surface area contributed by atoms with Crippen LogP contribution in [-0.2, 0) is 4.74 Å². The fourth-order valence-electron chi connectivity index (χ4n) is 3.43. The summed E-state index contributed by atoms with van der Waals surface area (Å²) >= 11 is 0. The minimum atomic E-state index is 0.321. The summed E-state index contributed by atoms with van der Waals surface area (Å²) in [7, 11) is 0. The van der Waals surface area contributed by atoms with E-state index in [-0.39, 0.29) is 0 Å². The van der Waals surface area contributed by atoms with Crippen LogP contribution < -0.4 is 5.73 Å². The number of nitrogens with zero attached hydrogens (tertiary/aromatic N) is 2. The zero-order valence-electron chi connectivity index (χ0n) is 9.98. The predicted octanol–water partition coefficient (Wildman–Crippen LogP) is -0.117. The molecule has 3 fully saturated rings. The average Bonchev–Trinajstić information content (AvgIpc) is 2.76. The van der Waals surface area contributed by atoms with Crippen molar-refractivity contribution < 1.29 is 4.74 Å². The molecule has 4 nitrogen and oxygen atoms in total. The molecule has 3 saturated heterocycles. The van der Waals surface area contributed by atoms with Gasteiger partial charge in [0.15, 0.2) is 0 Å². The average molecular weight is 225 g/mol. The lowest BCUT2D eigenvalue weighted by Gasteiger charge is -2.44. The Labute approximate surface area is 97.7 Å². The van der Waals surface area contributed by atoms with E-state index in [4.69, 9.17) is 10.5 Å². The molecule has 2 N–H and O–H groups in total. The molecule has 3 atom stereocenters. The van der Waals surface area contributed by atoms with E-state index >= 15 is 0 Å². The molecule has 0 aromatic rings. The van der Waals surface area contributed by atoms with Crippen LogP contribution in [0.3, 0.4) is 0 Å². The largest absolute Gasteiger partial charge is 0.380 e. The molecule has 0 radical (unpaired) electrons. The Balaban J connectivity index is 1.62. The quantitative estimate of drug-likeness (QED) is 0.676. The highest BCUT2D eigenvalue weighted by Crippen LogP contribution is 2.24. The predicted molar refractivity (Wildman–Crippen MR) is 63.4 cm³/mol. The third kappa shape index (κ3) is 1.99. The van der Waals surface area contributed by atoms with Gasteiger partial charge in [0.25, 0.3) is 0 Å². The molecule has 0 aliphatic carbocycles. The number of hydrogen-bond donors (Lipinski definition) is 1. The molecule has 3 heterocycles. The fourth-order valence-corrected chi connectivity index (χ4v) is 3.43. The van der Waals surface area contributed by atoms with E-state index in [0.29, 0.717) is 12.1 Å². The first-order valence-corrected chi connectivity index (χ1v) is 6.66. The first-order chi connectivity index (χ1) is 7.84. The van der Waals surface area contributed by atoms with Gasteiger partial charge >= 0.3 is 0 Å². The first-order valence-electron chi connectivity index (χ1n) is 6.66. The second-order valence-corrected chi connectivity index (χ2v) is 5.42. The van der Waals surface area contributed by atoms with Crippen molar-refractivity contribution in [3.05, 3.63) is 0 Å². The minimum absolute atomic E-state index is 0.321. The molecule has 0 amide bonds. The highest BCUT2D eigenvalue weighted by Gasteiger charge is 2.36. The van der Waals surface area contributed by atoms with Crippen molar-refractivity contribution in [1.29, 1.82) is 0 Å². The lowest BCUT2D eigenvalue weighted by molar-refractivity contribution is -0.0202. The summed E-state index contributed by atoms with van der Waals surface area (Å²) in [6.07, 6.45) is 3.78. The number of fused-ring (bicyclic) bond motifs is 1. The maximum absolute atomic E-state index is 6.21. The lowest BCUT2D eigenvalue weighted by atomic mass is 10.0. The molecule has 4 heteroatoms. The lowest BCUT2D eigenvalue weighted by Crippen LogP contribution is -2.60. The second kappa shape index (κ2) is 4.61. The Morgan fingerprint density at radius 2 is 1.94 bits per heavy atom. The summed E-state index contributed by atoms with van der Waals surface area (Å²) in [5.74, 6) is 0. The van der Waals surface area contributed by atoms with Crippen LogP contribution in [0.15, 0.2) is 0 Å². The van der Waals surface area contributed by atoms with Gasteiger partial charge in [-0.25, -0.2) is 0 Å². The molecule has 3 aliphatic rings. The van der Waals surface area contributed by atoms with Gasteiger partial charge in [0, 0.05) is 44.4 Å². The van der Waals surface area contributed by atoms with E-state index in [2.05, 4.69) is 9.80 Å². The second-order valence-electron chi connectivity index (χ2n) is 5.42. The number of ether oxygens (including phenoxy) is 1. The fraction of sp³-hybridized carbons (Fsp3) is 1.00. The van der Waals surface area contributed by atoms with Gasteiger partial charge in [0.05, 0.1) is 6.61 Å². The Morgan fingerprint density at radius 3 is 2.81 bits per heavy atom. The maximum atomic E-state index is 6.21. The van der Waals surface area contributed by atoms with Gasteiger partial charge in [0.1, 0.15) is 0 Å². The summed E-state index contributed by atoms with van der Waals surface area (Å²) in [5.41, 5.74) is 6.21. The van der Waals surface area contributed by atoms with Gasteiger partial charge in [-0.1, -0.05) is 0 Å². The minimum Gasteiger partial charge on any atom is -0.380 e. The summed E-state index contributed by atoms with van der Waals surface area (Å²) in [5, 5.41) is 0. The Morgan fingerprint density at radius 1 is 1.06 bits per heavy atom. The van der Waals surface area contributed by atoms with Crippen LogP contribution in [0.25, 0.3) is 0 Å². The Hall–Kier alpha value is -0.160. The van der Waals surface area contributed by atoms with Crippen LogP contribution in [0.5, 0.6) is 0 Å². The number of piperazine rings is 1. The smallest absolute Gasteiger partial charge is 0.0636 e. The zero-order chi connectivity index (χ0) is 11.0. The van der Waals surface area contributed by atoms with E-state index in [1.165, 1.54) is 39.0 Å². The molecule has 0 saturated carbocycles. The van der Waals surface area contributed by atoms with Gasteiger partial charge < -0.3 is 10.5 Å². The van der Waals surface area contributed by atoms with Crippen LogP contribution in [-0.4, -0.2) is 67.3 Å². The zero-order valence-corrected chi connectivity index (χ0v) is 9.98. The molecule has 0 aromatic carbocycles. The van der Waals surface area contributed by atoms with Crippen molar-refractivity contribution in [2.75, 3.05) is 39.4 Å². The van der Waals surface area contributed by atoms with Gasteiger partial charge in [-0.05, 0) is 25.8 Å². The van der Waals surface area contributed by atoms with Crippen molar-refractivity contribution >= 4 is 0 Å². The van der Waals surface area contributed by atoms with E-state index in [9.17, 15) is 0 Å². The van der Waals surface area contributed by atoms with Crippen LogP contribution in [0.4, 0.5) is 0 Å². The van der Waals surface area contributed by atoms with Gasteiger partial charge in [-0.15, -0.1) is 0 Å². The maximum Gasteiger partial charge on any atom is 0.0636 e. The molecule has 0 aromatic heterocycles. The topological polar surface area (TPSA) is 41.7 Å². The standard InChI is InChI=1S/C12H23N3O/c13-11-3-7-16-9-12(11)15-6-5-14-4-1-2-10(14)8-15/h10-12H,1-9,13H2. The number of hydrogen-bond acceptors (Lipinski definition) is 4. The molecule has 3 aliphatic heterocycles. The number of nitrogens with two attached hydrogens (primary N) is 1. The normalized spacial score (nSPS) is 42.2. The third-order valence-electron chi connectivity index (χ3n) is 4.47. The van der Waals surface area contributed by atoms with Gasteiger partial charge in [0.2, 0.25) is 0 Å². The highest BCUT2D eigenvalue weighted by molar-refractivity contribution is 4.93. The van der Waals surface area contributed by atoms with Crippen molar-refractivity contribution in [3.63, 3.8) is 0 Å². The van der Waals surface area contributed by atoms with Crippen molar-refractivity contribution in [2.45, 2.75) is 37.4 Å².